The molecule has 0 aromatic carbocycles. The van der Waals surface area contributed by atoms with E-state index in [1.165, 1.54) is 22.8 Å². The zero-order valence-electron chi connectivity index (χ0n) is 8.35. The Kier molecular flexibility index (Phi) is 4.08. The van der Waals surface area contributed by atoms with Crippen LogP contribution >= 0.6 is 11.3 Å². The summed E-state index contributed by atoms with van der Waals surface area (Å²) in [6.07, 6.45) is -11.2. The normalized spacial score (nSPS) is 15.3. The highest BCUT2D eigenvalue weighted by atomic mass is 32.1. The third-order valence-electron chi connectivity index (χ3n) is 2.18. The molecule has 1 unspecified atom stereocenters. The second-order valence-electron chi connectivity index (χ2n) is 3.56. The van der Waals surface area contributed by atoms with E-state index in [1.807, 2.05) is 0 Å². The van der Waals surface area contributed by atoms with Gasteiger partial charge in [0.1, 0.15) is 0 Å². The monoisotopic (exact) mass is 277 g/mol. The van der Waals surface area contributed by atoms with Crippen molar-refractivity contribution in [3.8, 4) is 0 Å². The lowest BCUT2D eigenvalue weighted by atomic mass is 9.94. The predicted octanol–water partition coefficient (Wildman–Crippen LogP) is 3.36. The van der Waals surface area contributed by atoms with Gasteiger partial charge in [0, 0.05) is 6.04 Å². The first-order valence-corrected chi connectivity index (χ1v) is 5.46. The van der Waals surface area contributed by atoms with Gasteiger partial charge in [0.25, 0.3) is 0 Å². The second-order valence-corrected chi connectivity index (χ2v) is 4.34. The Morgan fingerprint density at radius 2 is 1.65 bits per heavy atom. The minimum absolute atomic E-state index is 0.376. The van der Waals surface area contributed by atoms with Crippen molar-refractivity contribution < 1.29 is 26.3 Å². The number of halogens is 6. The van der Waals surface area contributed by atoms with E-state index in [9.17, 15) is 26.3 Å². The van der Waals surface area contributed by atoms with Gasteiger partial charge in [-0.2, -0.15) is 37.7 Å². The molecule has 0 fully saturated rings. The van der Waals surface area contributed by atoms with Crippen LogP contribution in [0.2, 0.25) is 0 Å². The van der Waals surface area contributed by atoms with Crippen LogP contribution in [-0.2, 0) is 6.42 Å². The standard InChI is InChI=1S/C9H9F6NS/c10-8(11,12)7(9(13,14)15)6(16)3-5-1-2-17-4-5/h1-2,4,6-7H,3,16H2. The average Bonchev–Trinajstić information content (AvgIpc) is 2.49. The third kappa shape index (κ3) is 3.88. The van der Waals surface area contributed by atoms with Gasteiger partial charge >= 0.3 is 12.4 Å². The molecule has 0 bridgehead atoms. The van der Waals surface area contributed by atoms with Gasteiger partial charge in [-0.25, -0.2) is 0 Å². The van der Waals surface area contributed by atoms with Crippen LogP contribution in [0.1, 0.15) is 5.56 Å². The van der Waals surface area contributed by atoms with Crippen molar-refractivity contribution in [1.82, 2.24) is 0 Å². The molecule has 8 heteroatoms. The lowest BCUT2D eigenvalue weighted by Gasteiger charge is -2.27. The smallest absolute Gasteiger partial charge is 0.327 e. The van der Waals surface area contributed by atoms with Gasteiger partial charge in [0.05, 0.1) is 0 Å². The highest BCUT2D eigenvalue weighted by molar-refractivity contribution is 7.07. The van der Waals surface area contributed by atoms with Crippen molar-refractivity contribution in [3.05, 3.63) is 22.4 Å². The zero-order valence-corrected chi connectivity index (χ0v) is 9.16. The number of hydrogen-bond donors (Lipinski definition) is 1. The summed E-state index contributed by atoms with van der Waals surface area (Å²) in [5.41, 5.74) is 5.42. The van der Waals surface area contributed by atoms with E-state index < -0.39 is 30.7 Å². The summed E-state index contributed by atoms with van der Waals surface area (Å²) < 4.78 is 73.8. The minimum Gasteiger partial charge on any atom is -0.327 e. The molecule has 1 heterocycles. The van der Waals surface area contributed by atoms with Gasteiger partial charge in [-0.05, 0) is 28.8 Å². The van der Waals surface area contributed by atoms with Gasteiger partial charge in [0.15, 0.2) is 5.92 Å². The molecule has 0 saturated heterocycles. The summed E-state index contributed by atoms with van der Waals surface area (Å²) in [6, 6.07) is -0.571. The Morgan fingerprint density at radius 1 is 1.12 bits per heavy atom. The molecule has 1 aromatic rings. The van der Waals surface area contributed by atoms with Crippen LogP contribution < -0.4 is 5.73 Å². The lowest BCUT2D eigenvalue weighted by molar-refractivity contribution is -0.289. The molecule has 0 amide bonds. The van der Waals surface area contributed by atoms with Crippen LogP contribution in [0, 0.1) is 5.92 Å². The third-order valence-corrected chi connectivity index (χ3v) is 2.92. The van der Waals surface area contributed by atoms with Crippen LogP contribution in [0.5, 0.6) is 0 Å². The molecular weight excluding hydrogens is 268 g/mol. The first kappa shape index (κ1) is 14.3. The highest BCUT2D eigenvalue weighted by Crippen LogP contribution is 2.41. The quantitative estimate of drug-likeness (QED) is 0.842. The number of alkyl halides is 6. The highest BCUT2D eigenvalue weighted by Gasteiger charge is 2.59. The van der Waals surface area contributed by atoms with E-state index in [0.717, 1.165) is 0 Å². The minimum atomic E-state index is -5.38. The molecule has 17 heavy (non-hydrogen) atoms. The Labute approximate surface area is 97.2 Å². The first-order valence-electron chi connectivity index (χ1n) is 4.52. The maximum atomic E-state index is 12.3. The summed E-state index contributed by atoms with van der Waals surface area (Å²) in [6.45, 7) is 0. The molecule has 0 aliphatic carbocycles. The molecule has 1 nitrogen and oxygen atoms in total. The molecule has 0 saturated carbocycles. The lowest BCUT2D eigenvalue weighted by Crippen LogP contribution is -2.49. The maximum absolute atomic E-state index is 12.3. The zero-order chi connectivity index (χ0) is 13.3. The van der Waals surface area contributed by atoms with Crippen molar-refractivity contribution in [2.75, 3.05) is 0 Å². The van der Waals surface area contributed by atoms with Gasteiger partial charge in [0.2, 0.25) is 0 Å². The van der Waals surface area contributed by atoms with Gasteiger partial charge in [-0.1, -0.05) is 0 Å². The molecule has 0 aliphatic rings. The Morgan fingerprint density at radius 3 is 2.00 bits per heavy atom. The Balaban J connectivity index is 2.84. The Bertz CT molecular complexity index is 327. The van der Waals surface area contributed by atoms with E-state index >= 15 is 0 Å². The van der Waals surface area contributed by atoms with Gasteiger partial charge in [-0.3, -0.25) is 0 Å². The van der Waals surface area contributed by atoms with Crippen molar-refractivity contribution >= 4 is 11.3 Å². The molecule has 0 aliphatic heterocycles. The van der Waals surface area contributed by atoms with E-state index in [0.29, 0.717) is 5.56 Å². The molecule has 2 N–H and O–H groups in total. The molecule has 98 valence electrons. The predicted molar refractivity (Wildman–Crippen MR) is 51.6 cm³/mol. The summed E-state index contributed by atoms with van der Waals surface area (Å²) in [4.78, 5) is 0. The van der Waals surface area contributed by atoms with E-state index in [1.54, 1.807) is 5.38 Å². The summed E-state index contributed by atoms with van der Waals surface area (Å²) >= 11 is 1.19. The van der Waals surface area contributed by atoms with Crippen LogP contribution in [0.25, 0.3) is 0 Å². The Hall–Kier alpha value is -0.760. The topological polar surface area (TPSA) is 26.0 Å². The summed E-state index contributed by atoms with van der Waals surface area (Å²) in [5.74, 6) is -3.49. The number of nitrogens with two attached hydrogens (primary N) is 1. The molecule has 1 rings (SSSR count). The molecule has 0 spiro atoms. The summed E-state index contributed by atoms with van der Waals surface area (Å²) in [5, 5.41) is 3.04. The van der Waals surface area contributed by atoms with Crippen LogP contribution in [-0.4, -0.2) is 18.4 Å². The van der Waals surface area contributed by atoms with Gasteiger partial charge < -0.3 is 5.73 Å². The van der Waals surface area contributed by atoms with Gasteiger partial charge in [-0.15, -0.1) is 0 Å². The van der Waals surface area contributed by atoms with E-state index in [2.05, 4.69) is 0 Å². The fraction of sp³-hybridized carbons (Fsp3) is 0.556. The number of rotatable bonds is 3. The number of thiophene rings is 1. The van der Waals surface area contributed by atoms with Crippen LogP contribution in [0.3, 0.4) is 0 Å². The first-order chi connectivity index (χ1) is 7.62. The fourth-order valence-corrected chi connectivity index (χ4v) is 2.15. The molecule has 1 aromatic heterocycles. The summed E-state index contributed by atoms with van der Waals surface area (Å²) in [7, 11) is 0. The average molecular weight is 277 g/mol. The van der Waals surface area contributed by atoms with Crippen molar-refractivity contribution in [1.29, 1.82) is 0 Å². The fourth-order valence-electron chi connectivity index (χ4n) is 1.47. The maximum Gasteiger partial charge on any atom is 0.402 e. The van der Waals surface area contributed by atoms with E-state index in [4.69, 9.17) is 5.73 Å². The molecular formula is C9H9F6NS. The molecule has 0 radical (unpaired) electrons. The van der Waals surface area contributed by atoms with E-state index in [-0.39, 0.29) is 0 Å². The van der Waals surface area contributed by atoms with Crippen LogP contribution in [0.15, 0.2) is 16.8 Å². The largest absolute Gasteiger partial charge is 0.402 e. The van der Waals surface area contributed by atoms with Crippen molar-refractivity contribution in [2.24, 2.45) is 11.7 Å². The SMILES string of the molecule is NC(Cc1ccsc1)C(C(F)(F)F)C(F)(F)F. The van der Waals surface area contributed by atoms with Crippen LogP contribution in [0.4, 0.5) is 26.3 Å². The molecule has 1 atom stereocenters. The van der Waals surface area contributed by atoms with Crippen molar-refractivity contribution in [2.45, 2.75) is 24.8 Å². The number of hydrogen-bond acceptors (Lipinski definition) is 2. The second kappa shape index (κ2) is 4.85. The van der Waals surface area contributed by atoms with Crippen molar-refractivity contribution in [3.63, 3.8) is 0 Å².